The van der Waals surface area contributed by atoms with Gasteiger partial charge in [0.1, 0.15) is 12.4 Å². The minimum atomic E-state index is 0.214. The van der Waals surface area contributed by atoms with Gasteiger partial charge in [0, 0.05) is 23.9 Å². The molecule has 0 spiro atoms. The van der Waals surface area contributed by atoms with Crippen molar-refractivity contribution in [2.24, 2.45) is 0 Å². The monoisotopic (exact) mass is 258 g/mol. The fraction of sp³-hybridized carbons (Fsp3) is 0.400. The van der Waals surface area contributed by atoms with Crippen LogP contribution in [0.25, 0.3) is 10.9 Å². The topological polar surface area (TPSA) is 57.4 Å². The van der Waals surface area contributed by atoms with Gasteiger partial charge in [0.05, 0.1) is 11.6 Å². The maximum atomic E-state index is 5.89. The van der Waals surface area contributed by atoms with Crippen molar-refractivity contribution in [3.05, 3.63) is 30.5 Å². The number of hydrogen-bond donors (Lipinski definition) is 1. The molecule has 2 aromatic rings. The number of nitrogens with two attached hydrogens (primary N) is 1. The van der Waals surface area contributed by atoms with E-state index in [1.165, 1.54) is 6.42 Å². The Labute approximate surface area is 112 Å². The second-order valence-electron chi connectivity index (χ2n) is 4.89. The van der Waals surface area contributed by atoms with Gasteiger partial charge in [-0.1, -0.05) is 0 Å². The summed E-state index contributed by atoms with van der Waals surface area (Å²) in [4.78, 5) is 4.31. The molecular weight excluding hydrogens is 240 g/mol. The molecule has 0 saturated carbocycles. The highest BCUT2D eigenvalue weighted by molar-refractivity contribution is 5.87. The molecule has 4 nitrogen and oxygen atoms in total. The smallest absolute Gasteiger partial charge is 0.130 e. The number of nitrogen functional groups attached to an aromatic ring is 1. The lowest BCUT2D eigenvalue weighted by Crippen LogP contribution is -2.25. The van der Waals surface area contributed by atoms with Gasteiger partial charge in [0.25, 0.3) is 0 Å². The Kier molecular flexibility index (Phi) is 3.51. The molecule has 100 valence electrons. The Balaban J connectivity index is 1.76. The average molecular weight is 258 g/mol. The van der Waals surface area contributed by atoms with Gasteiger partial charge in [-0.3, -0.25) is 4.98 Å². The molecule has 1 aliphatic rings. The van der Waals surface area contributed by atoms with E-state index in [-0.39, 0.29) is 6.10 Å². The molecule has 1 saturated heterocycles. The van der Waals surface area contributed by atoms with E-state index in [1.807, 2.05) is 24.3 Å². The van der Waals surface area contributed by atoms with Gasteiger partial charge in [0.15, 0.2) is 0 Å². The van der Waals surface area contributed by atoms with E-state index in [9.17, 15) is 0 Å². The van der Waals surface area contributed by atoms with E-state index in [1.54, 1.807) is 6.20 Å². The summed E-state index contributed by atoms with van der Waals surface area (Å²) < 4.78 is 11.6. The second kappa shape index (κ2) is 5.45. The molecule has 1 aromatic heterocycles. The zero-order chi connectivity index (χ0) is 13.1. The Morgan fingerprint density at radius 2 is 2.26 bits per heavy atom. The summed E-state index contributed by atoms with van der Waals surface area (Å²) in [6, 6.07) is 7.57. The van der Waals surface area contributed by atoms with Crippen LogP contribution in [-0.2, 0) is 4.74 Å². The molecule has 0 bridgehead atoms. The van der Waals surface area contributed by atoms with Gasteiger partial charge >= 0.3 is 0 Å². The molecule has 19 heavy (non-hydrogen) atoms. The number of hydrogen-bond acceptors (Lipinski definition) is 4. The number of ether oxygens (including phenoxy) is 2. The Bertz CT molecular complexity index is 565. The Hall–Kier alpha value is -1.81. The molecule has 2 N–H and O–H groups in total. The third-order valence-corrected chi connectivity index (χ3v) is 3.43. The number of fused-ring (bicyclic) bond motifs is 1. The van der Waals surface area contributed by atoms with Crippen molar-refractivity contribution in [3.63, 3.8) is 0 Å². The molecular formula is C15H18N2O2. The van der Waals surface area contributed by atoms with E-state index in [2.05, 4.69) is 4.98 Å². The summed E-state index contributed by atoms with van der Waals surface area (Å²) in [5, 5.41) is 0.993. The van der Waals surface area contributed by atoms with Crippen molar-refractivity contribution in [2.45, 2.75) is 25.4 Å². The van der Waals surface area contributed by atoms with Crippen molar-refractivity contribution in [2.75, 3.05) is 18.9 Å². The predicted molar refractivity (Wildman–Crippen MR) is 75.2 cm³/mol. The highest BCUT2D eigenvalue weighted by Crippen LogP contribution is 2.26. The number of pyridine rings is 1. The zero-order valence-corrected chi connectivity index (χ0v) is 10.8. The summed E-state index contributed by atoms with van der Waals surface area (Å²) >= 11 is 0. The summed E-state index contributed by atoms with van der Waals surface area (Å²) in [6.45, 7) is 1.45. The summed E-state index contributed by atoms with van der Waals surface area (Å²) in [6.07, 6.45) is 5.43. The number of anilines is 1. The van der Waals surface area contributed by atoms with E-state index >= 15 is 0 Å². The SMILES string of the molecule is Nc1ccc2c(OCC3CCCCO3)ccnc2c1. The fourth-order valence-corrected chi connectivity index (χ4v) is 2.39. The summed E-state index contributed by atoms with van der Waals surface area (Å²) in [5.74, 6) is 0.846. The third-order valence-electron chi connectivity index (χ3n) is 3.43. The predicted octanol–water partition coefficient (Wildman–Crippen LogP) is 2.76. The van der Waals surface area contributed by atoms with Crippen LogP contribution in [0, 0.1) is 0 Å². The Morgan fingerprint density at radius 1 is 1.32 bits per heavy atom. The van der Waals surface area contributed by atoms with Gasteiger partial charge in [0.2, 0.25) is 0 Å². The molecule has 1 aromatic carbocycles. The highest BCUT2D eigenvalue weighted by Gasteiger charge is 2.15. The van der Waals surface area contributed by atoms with Crippen molar-refractivity contribution in [1.29, 1.82) is 0 Å². The fourth-order valence-electron chi connectivity index (χ4n) is 2.39. The van der Waals surface area contributed by atoms with E-state index in [0.717, 1.165) is 36.1 Å². The third kappa shape index (κ3) is 2.79. The first kappa shape index (κ1) is 12.2. The molecule has 1 unspecified atom stereocenters. The molecule has 2 heterocycles. The van der Waals surface area contributed by atoms with Crippen LogP contribution >= 0.6 is 0 Å². The first-order valence-corrected chi connectivity index (χ1v) is 6.71. The summed E-state index contributed by atoms with van der Waals surface area (Å²) in [7, 11) is 0. The molecule has 0 amide bonds. The number of benzene rings is 1. The maximum absolute atomic E-state index is 5.89. The normalized spacial score (nSPS) is 19.5. The van der Waals surface area contributed by atoms with E-state index in [0.29, 0.717) is 12.3 Å². The Morgan fingerprint density at radius 3 is 3.11 bits per heavy atom. The lowest BCUT2D eigenvalue weighted by molar-refractivity contribution is -0.0107. The highest BCUT2D eigenvalue weighted by atomic mass is 16.5. The standard InChI is InChI=1S/C15H18N2O2/c16-11-4-5-13-14(9-11)17-7-6-15(13)19-10-12-3-1-2-8-18-12/h4-7,9,12H,1-3,8,10,16H2. The first-order valence-electron chi connectivity index (χ1n) is 6.71. The van der Waals surface area contributed by atoms with Crippen LogP contribution < -0.4 is 10.5 Å². The van der Waals surface area contributed by atoms with Crippen molar-refractivity contribution >= 4 is 16.6 Å². The van der Waals surface area contributed by atoms with Crippen molar-refractivity contribution in [3.8, 4) is 5.75 Å². The number of aromatic nitrogens is 1. The van der Waals surface area contributed by atoms with Gasteiger partial charge in [-0.25, -0.2) is 0 Å². The van der Waals surface area contributed by atoms with Crippen LogP contribution in [0.3, 0.4) is 0 Å². The van der Waals surface area contributed by atoms with Crippen LogP contribution in [0.5, 0.6) is 5.75 Å². The lowest BCUT2D eigenvalue weighted by Gasteiger charge is -2.22. The number of nitrogens with zero attached hydrogens (tertiary/aromatic N) is 1. The minimum Gasteiger partial charge on any atom is -0.490 e. The van der Waals surface area contributed by atoms with E-state index in [4.69, 9.17) is 15.2 Å². The second-order valence-corrected chi connectivity index (χ2v) is 4.89. The van der Waals surface area contributed by atoms with Crippen LogP contribution in [-0.4, -0.2) is 24.3 Å². The van der Waals surface area contributed by atoms with Gasteiger partial charge in [-0.05, 0) is 43.5 Å². The molecule has 3 rings (SSSR count). The summed E-state index contributed by atoms with van der Waals surface area (Å²) in [5.41, 5.74) is 7.34. The van der Waals surface area contributed by atoms with Crippen LogP contribution in [0.1, 0.15) is 19.3 Å². The van der Waals surface area contributed by atoms with Crippen LogP contribution in [0.15, 0.2) is 30.5 Å². The molecule has 4 heteroatoms. The average Bonchev–Trinajstić information content (AvgIpc) is 2.45. The van der Waals surface area contributed by atoms with Gasteiger partial charge < -0.3 is 15.2 Å². The largest absolute Gasteiger partial charge is 0.490 e. The van der Waals surface area contributed by atoms with Crippen molar-refractivity contribution < 1.29 is 9.47 Å². The van der Waals surface area contributed by atoms with Crippen molar-refractivity contribution in [1.82, 2.24) is 4.98 Å². The van der Waals surface area contributed by atoms with Gasteiger partial charge in [-0.15, -0.1) is 0 Å². The number of rotatable bonds is 3. The molecule has 0 aliphatic carbocycles. The minimum absolute atomic E-state index is 0.214. The van der Waals surface area contributed by atoms with Crippen LogP contribution in [0.4, 0.5) is 5.69 Å². The maximum Gasteiger partial charge on any atom is 0.130 e. The quantitative estimate of drug-likeness (QED) is 0.860. The molecule has 1 atom stereocenters. The lowest BCUT2D eigenvalue weighted by atomic mass is 10.1. The van der Waals surface area contributed by atoms with Crippen LogP contribution in [0.2, 0.25) is 0 Å². The molecule has 1 aliphatic heterocycles. The molecule has 0 radical (unpaired) electrons. The first-order chi connectivity index (χ1) is 9.33. The molecule has 1 fully saturated rings. The zero-order valence-electron chi connectivity index (χ0n) is 10.8. The van der Waals surface area contributed by atoms with E-state index < -0.39 is 0 Å². The van der Waals surface area contributed by atoms with Gasteiger partial charge in [-0.2, -0.15) is 0 Å².